The van der Waals surface area contributed by atoms with Crippen molar-refractivity contribution in [2.24, 2.45) is 0 Å². The van der Waals surface area contributed by atoms with Crippen molar-refractivity contribution in [3.8, 4) is 0 Å². The van der Waals surface area contributed by atoms with Crippen LogP contribution in [0.3, 0.4) is 0 Å². The predicted molar refractivity (Wildman–Crippen MR) is 146 cm³/mol. The lowest BCUT2D eigenvalue weighted by atomic mass is 10.2. The van der Waals surface area contributed by atoms with Crippen LogP contribution in [-0.4, -0.2) is 24.2 Å². The van der Waals surface area contributed by atoms with Gasteiger partial charge in [-0.25, -0.2) is 9.59 Å². The third-order valence-corrected chi connectivity index (χ3v) is 5.24. The molecule has 0 atom stereocenters. The zero-order valence-electron chi connectivity index (χ0n) is 21.8. The third-order valence-electron chi connectivity index (χ3n) is 5.24. The van der Waals surface area contributed by atoms with Crippen LogP contribution >= 0.6 is 0 Å². The fourth-order valence-corrected chi connectivity index (χ4v) is 3.27. The molecule has 0 fully saturated rings. The molecule has 3 aromatic carbocycles. The van der Waals surface area contributed by atoms with Crippen LogP contribution in [0.15, 0.2) is 72.8 Å². The molecule has 0 saturated carbocycles. The third kappa shape index (κ3) is 9.85. The minimum Gasteiger partial charge on any atom is -0.461 e. The van der Waals surface area contributed by atoms with E-state index in [0.717, 1.165) is 22.4 Å². The standard InChI is InChI=1S/C29H33N3O6/c1-4-27(33)36-17-21-7-13-25(14-8-21)31-28(34)38-19-23-9-15-26(16-10-23)32-29(35)37-18-22-5-11-24(12-6-22)30-20(2)3/h5-16,20,30H,4,17-19H2,1-3H3,(H,31,34)(H,32,35). The van der Waals surface area contributed by atoms with Gasteiger partial charge in [-0.3, -0.25) is 15.4 Å². The van der Waals surface area contributed by atoms with Crippen LogP contribution in [0.2, 0.25) is 0 Å². The van der Waals surface area contributed by atoms with E-state index in [1.54, 1.807) is 55.5 Å². The Morgan fingerprint density at radius 1 is 0.605 bits per heavy atom. The normalized spacial score (nSPS) is 10.4. The van der Waals surface area contributed by atoms with Gasteiger partial charge in [0.05, 0.1) is 0 Å². The summed E-state index contributed by atoms with van der Waals surface area (Å²) in [6.07, 6.45) is -0.842. The summed E-state index contributed by atoms with van der Waals surface area (Å²) in [7, 11) is 0. The molecule has 3 aromatic rings. The Morgan fingerprint density at radius 3 is 1.34 bits per heavy atom. The van der Waals surface area contributed by atoms with Gasteiger partial charge in [-0.1, -0.05) is 43.3 Å². The first-order valence-corrected chi connectivity index (χ1v) is 12.4. The van der Waals surface area contributed by atoms with E-state index in [-0.39, 0.29) is 25.8 Å². The van der Waals surface area contributed by atoms with Crippen molar-refractivity contribution in [3.05, 3.63) is 89.5 Å². The summed E-state index contributed by atoms with van der Waals surface area (Å²) in [5.41, 5.74) is 4.58. The topological polar surface area (TPSA) is 115 Å². The summed E-state index contributed by atoms with van der Waals surface area (Å²) < 4.78 is 15.6. The molecule has 0 unspecified atom stereocenters. The van der Waals surface area contributed by atoms with E-state index in [9.17, 15) is 14.4 Å². The Kier molecular flexibility index (Phi) is 10.5. The highest BCUT2D eigenvalue weighted by molar-refractivity contribution is 5.85. The summed E-state index contributed by atoms with van der Waals surface area (Å²) in [5, 5.41) is 8.63. The molecule has 0 spiro atoms. The highest BCUT2D eigenvalue weighted by Gasteiger charge is 2.07. The monoisotopic (exact) mass is 519 g/mol. The van der Waals surface area contributed by atoms with Crippen molar-refractivity contribution < 1.29 is 28.6 Å². The number of carbonyl (C=O) groups is 3. The quantitative estimate of drug-likeness (QED) is 0.197. The first kappa shape index (κ1) is 28.0. The van der Waals surface area contributed by atoms with Crippen LogP contribution in [0.1, 0.15) is 43.9 Å². The number of nitrogens with one attached hydrogen (secondary N) is 3. The Balaban J connectivity index is 1.37. The molecule has 0 heterocycles. The summed E-state index contributed by atoms with van der Waals surface area (Å²) >= 11 is 0. The zero-order valence-corrected chi connectivity index (χ0v) is 21.8. The summed E-state index contributed by atoms with van der Waals surface area (Å²) in [6.45, 7) is 6.27. The number of ether oxygens (including phenoxy) is 3. The van der Waals surface area contributed by atoms with Crippen molar-refractivity contribution in [2.75, 3.05) is 16.0 Å². The molecular weight excluding hydrogens is 486 g/mol. The molecule has 9 nitrogen and oxygen atoms in total. The zero-order chi connectivity index (χ0) is 27.3. The molecular formula is C29H33N3O6. The molecule has 0 saturated heterocycles. The predicted octanol–water partition coefficient (Wildman–Crippen LogP) is 6.46. The number of carbonyl (C=O) groups excluding carboxylic acids is 3. The molecule has 0 aromatic heterocycles. The van der Waals surface area contributed by atoms with Crippen molar-refractivity contribution in [1.29, 1.82) is 0 Å². The molecule has 38 heavy (non-hydrogen) atoms. The van der Waals surface area contributed by atoms with Gasteiger partial charge in [0.1, 0.15) is 19.8 Å². The largest absolute Gasteiger partial charge is 0.461 e. The van der Waals surface area contributed by atoms with E-state index in [1.165, 1.54) is 0 Å². The fourth-order valence-electron chi connectivity index (χ4n) is 3.27. The van der Waals surface area contributed by atoms with E-state index in [1.807, 2.05) is 24.3 Å². The number of rotatable bonds is 11. The molecule has 3 rings (SSSR count). The second-order valence-corrected chi connectivity index (χ2v) is 8.81. The van der Waals surface area contributed by atoms with Crippen molar-refractivity contribution in [2.45, 2.75) is 53.1 Å². The molecule has 0 aliphatic rings. The van der Waals surface area contributed by atoms with Crippen LogP contribution in [0.5, 0.6) is 0 Å². The van der Waals surface area contributed by atoms with E-state index >= 15 is 0 Å². The van der Waals surface area contributed by atoms with E-state index in [4.69, 9.17) is 14.2 Å². The highest BCUT2D eigenvalue weighted by atomic mass is 16.6. The highest BCUT2D eigenvalue weighted by Crippen LogP contribution is 2.15. The Hall–Kier alpha value is -4.53. The SMILES string of the molecule is CCC(=O)OCc1ccc(NC(=O)OCc2ccc(NC(=O)OCc3ccc(NC(C)C)cc3)cc2)cc1. The number of benzene rings is 3. The molecule has 0 radical (unpaired) electrons. The van der Waals surface area contributed by atoms with Crippen LogP contribution in [0, 0.1) is 0 Å². The molecule has 2 amide bonds. The van der Waals surface area contributed by atoms with Gasteiger partial charge in [0.2, 0.25) is 0 Å². The first-order chi connectivity index (χ1) is 18.3. The van der Waals surface area contributed by atoms with E-state index in [0.29, 0.717) is 23.8 Å². The molecule has 0 aliphatic carbocycles. The minimum atomic E-state index is -0.603. The number of hydrogen-bond acceptors (Lipinski definition) is 7. The maximum absolute atomic E-state index is 12.1. The number of anilines is 3. The van der Waals surface area contributed by atoms with Gasteiger partial charge in [0.15, 0.2) is 0 Å². The van der Waals surface area contributed by atoms with Crippen LogP contribution in [0.25, 0.3) is 0 Å². The Morgan fingerprint density at radius 2 is 0.974 bits per heavy atom. The van der Waals surface area contributed by atoms with Gasteiger partial charge in [-0.15, -0.1) is 0 Å². The average molecular weight is 520 g/mol. The second kappa shape index (κ2) is 14.3. The van der Waals surface area contributed by atoms with Gasteiger partial charge in [-0.05, 0) is 66.9 Å². The van der Waals surface area contributed by atoms with Gasteiger partial charge in [0, 0.05) is 29.5 Å². The Labute approximate surface area is 222 Å². The molecule has 0 bridgehead atoms. The number of esters is 1. The fraction of sp³-hybridized carbons (Fsp3) is 0.276. The van der Waals surface area contributed by atoms with Gasteiger partial charge >= 0.3 is 18.2 Å². The molecule has 200 valence electrons. The lowest BCUT2D eigenvalue weighted by molar-refractivity contribution is -0.144. The lowest BCUT2D eigenvalue weighted by Crippen LogP contribution is -2.14. The van der Waals surface area contributed by atoms with Gasteiger partial charge in [-0.2, -0.15) is 0 Å². The van der Waals surface area contributed by atoms with Crippen LogP contribution in [0.4, 0.5) is 26.7 Å². The number of hydrogen-bond donors (Lipinski definition) is 3. The molecule has 0 aliphatic heterocycles. The van der Waals surface area contributed by atoms with Crippen LogP contribution in [-0.2, 0) is 38.8 Å². The van der Waals surface area contributed by atoms with E-state index < -0.39 is 12.2 Å². The molecule has 9 heteroatoms. The van der Waals surface area contributed by atoms with Crippen molar-refractivity contribution in [1.82, 2.24) is 0 Å². The van der Waals surface area contributed by atoms with Crippen molar-refractivity contribution in [3.63, 3.8) is 0 Å². The Bertz CT molecular complexity index is 1190. The summed E-state index contributed by atoms with van der Waals surface area (Å²) in [5.74, 6) is -0.267. The number of amides is 2. The average Bonchev–Trinajstić information content (AvgIpc) is 2.91. The smallest absolute Gasteiger partial charge is 0.411 e. The first-order valence-electron chi connectivity index (χ1n) is 12.4. The lowest BCUT2D eigenvalue weighted by Gasteiger charge is -2.11. The molecule has 3 N–H and O–H groups in total. The summed E-state index contributed by atoms with van der Waals surface area (Å²) in [4.78, 5) is 35.5. The van der Waals surface area contributed by atoms with Gasteiger partial charge in [0.25, 0.3) is 0 Å². The van der Waals surface area contributed by atoms with Crippen molar-refractivity contribution >= 4 is 35.2 Å². The maximum Gasteiger partial charge on any atom is 0.411 e. The van der Waals surface area contributed by atoms with Crippen LogP contribution < -0.4 is 16.0 Å². The summed E-state index contributed by atoms with van der Waals surface area (Å²) in [6, 6.07) is 21.9. The van der Waals surface area contributed by atoms with E-state index in [2.05, 4.69) is 29.8 Å². The minimum absolute atomic E-state index is 0.0588. The second-order valence-electron chi connectivity index (χ2n) is 8.81. The van der Waals surface area contributed by atoms with Gasteiger partial charge < -0.3 is 19.5 Å². The maximum atomic E-state index is 12.1.